The number of ether oxygens (including phenoxy) is 4. The summed E-state index contributed by atoms with van der Waals surface area (Å²) >= 11 is 0. The van der Waals surface area contributed by atoms with Gasteiger partial charge in [0.1, 0.15) is 18.3 Å². The van der Waals surface area contributed by atoms with E-state index in [9.17, 15) is 0 Å². The molecule has 10 atom stereocenters. The lowest BCUT2D eigenvalue weighted by Crippen LogP contribution is -2.68. The third-order valence-electron chi connectivity index (χ3n) is 15.2. The topological polar surface area (TPSA) is 99.9 Å². The number of fused-ring (bicyclic) bond motifs is 1. The second-order valence-electron chi connectivity index (χ2n) is 25.1. The van der Waals surface area contributed by atoms with Gasteiger partial charge in [-0.1, -0.05) is 168 Å². The quantitative estimate of drug-likeness (QED) is 0.0891. The summed E-state index contributed by atoms with van der Waals surface area (Å²) < 4.78 is 56.3. The number of unbranched alkanes of at least 4 members (excludes halogenated alkanes) is 9. The molecule has 362 valence electrons. The molecule has 0 aromatic heterocycles. The van der Waals surface area contributed by atoms with Gasteiger partial charge in [-0.2, -0.15) is 0 Å². The van der Waals surface area contributed by atoms with Gasteiger partial charge in [0.15, 0.2) is 28.7 Å². The van der Waals surface area contributed by atoms with Gasteiger partial charge >= 0.3 is 8.56 Å². The molecule has 2 N–H and O–H groups in total. The van der Waals surface area contributed by atoms with Gasteiger partial charge in [-0.15, -0.1) is 0 Å². The Morgan fingerprint density at radius 1 is 0.689 bits per heavy atom. The molecule has 5 unspecified atom stereocenters. The minimum atomic E-state index is -2.65. The lowest BCUT2D eigenvalue weighted by Gasteiger charge is -2.58. The van der Waals surface area contributed by atoms with Crippen LogP contribution in [-0.2, 0) is 36.7 Å². The molecule has 0 spiro atoms. The van der Waals surface area contributed by atoms with Crippen LogP contribution in [0.5, 0.6) is 0 Å². The molecule has 61 heavy (non-hydrogen) atoms. The average Bonchev–Trinajstić information content (AvgIpc) is 3.44. The van der Waals surface area contributed by atoms with E-state index in [1.807, 2.05) is 13.8 Å². The first-order valence-corrected chi connectivity index (χ1v) is 32.4. The minimum absolute atomic E-state index is 0.0168. The molecular weight excluding hydrogens is 815 g/mol. The SMILES string of the molecule is CCCCCCCCCCCC[C@H](O[Si](C)(C)C(C)(C)C)[C@H](O[Si](C)(C)C(C)(C)C)[C@H]1OC(C)(C)O[C@H]1[C@@H](N)COC1OC2CO[Si](C(C)(C)C)(C(C)(C)C)OC2C(C)C1C. The van der Waals surface area contributed by atoms with Crippen molar-refractivity contribution in [1.82, 2.24) is 0 Å². The Kier molecular flexibility index (Phi) is 19.6. The summed E-state index contributed by atoms with van der Waals surface area (Å²) in [7, 11) is -7.22. The molecule has 3 heterocycles. The Morgan fingerprint density at radius 3 is 1.66 bits per heavy atom. The van der Waals surface area contributed by atoms with E-state index in [0.29, 0.717) is 6.61 Å². The molecule has 0 bridgehead atoms. The van der Waals surface area contributed by atoms with Crippen LogP contribution < -0.4 is 5.73 Å². The maximum absolute atomic E-state index is 7.56. The Bertz CT molecular complexity index is 1300. The summed E-state index contributed by atoms with van der Waals surface area (Å²) in [4.78, 5) is 0. The smallest absolute Gasteiger partial charge is 0.349 e. The molecular formula is C49H101NO8Si3. The van der Waals surface area contributed by atoms with E-state index in [-0.39, 0.29) is 63.0 Å². The van der Waals surface area contributed by atoms with E-state index in [1.165, 1.54) is 57.8 Å². The van der Waals surface area contributed by atoms with Gasteiger partial charge in [-0.25, -0.2) is 0 Å². The second-order valence-corrected chi connectivity index (χ2v) is 39.3. The summed E-state index contributed by atoms with van der Waals surface area (Å²) in [5, 5.41) is -0.176. The second kappa shape index (κ2) is 21.5. The highest BCUT2D eigenvalue weighted by Crippen LogP contribution is 2.56. The molecule has 9 nitrogen and oxygen atoms in total. The van der Waals surface area contributed by atoms with Crippen LogP contribution in [0, 0.1) is 11.8 Å². The van der Waals surface area contributed by atoms with Crippen LogP contribution in [-0.4, -0.2) is 93.2 Å². The van der Waals surface area contributed by atoms with Crippen molar-refractivity contribution in [2.75, 3.05) is 13.2 Å². The molecule has 0 aliphatic carbocycles. The van der Waals surface area contributed by atoms with E-state index in [0.717, 1.165) is 12.8 Å². The lowest BCUT2D eigenvalue weighted by atomic mass is 9.85. The van der Waals surface area contributed by atoms with Gasteiger partial charge in [0.25, 0.3) is 0 Å². The summed E-state index contributed by atoms with van der Waals surface area (Å²) in [6.45, 7) is 48.4. The molecule has 3 rings (SSSR count). The van der Waals surface area contributed by atoms with Gasteiger partial charge < -0.3 is 42.4 Å². The van der Waals surface area contributed by atoms with E-state index in [1.54, 1.807) is 0 Å². The minimum Gasteiger partial charge on any atom is -0.411 e. The normalized spacial score (nSPS) is 29.3. The largest absolute Gasteiger partial charge is 0.411 e. The fraction of sp³-hybridized carbons (Fsp3) is 1.00. The third-order valence-corrected chi connectivity index (χ3v) is 29.3. The fourth-order valence-electron chi connectivity index (χ4n) is 9.36. The average molecular weight is 917 g/mol. The first-order valence-electron chi connectivity index (χ1n) is 24.8. The van der Waals surface area contributed by atoms with Gasteiger partial charge in [0.05, 0.1) is 37.6 Å². The van der Waals surface area contributed by atoms with Crippen LogP contribution in [0.4, 0.5) is 0 Å². The van der Waals surface area contributed by atoms with Crippen LogP contribution in [0.1, 0.15) is 188 Å². The van der Waals surface area contributed by atoms with Crippen molar-refractivity contribution < 1.29 is 36.7 Å². The van der Waals surface area contributed by atoms with Crippen LogP contribution in [0.15, 0.2) is 0 Å². The molecule has 0 radical (unpaired) electrons. The first-order chi connectivity index (χ1) is 27.7. The van der Waals surface area contributed by atoms with Crippen LogP contribution in [0.3, 0.4) is 0 Å². The molecule has 0 amide bonds. The van der Waals surface area contributed by atoms with Crippen molar-refractivity contribution in [1.29, 1.82) is 0 Å². The molecule has 3 saturated heterocycles. The molecule has 12 heteroatoms. The van der Waals surface area contributed by atoms with Gasteiger partial charge in [-0.3, -0.25) is 0 Å². The Morgan fingerprint density at radius 2 is 1.16 bits per heavy atom. The van der Waals surface area contributed by atoms with Crippen molar-refractivity contribution >= 4 is 25.2 Å². The lowest BCUT2D eigenvalue weighted by molar-refractivity contribution is -0.280. The van der Waals surface area contributed by atoms with Crippen molar-refractivity contribution in [2.24, 2.45) is 17.6 Å². The van der Waals surface area contributed by atoms with Crippen LogP contribution in [0.2, 0.25) is 46.3 Å². The number of hydrogen-bond acceptors (Lipinski definition) is 9. The first kappa shape index (κ1) is 55.6. The number of nitrogens with two attached hydrogens (primary N) is 1. The van der Waals surface area contributed by atoms with E-state index in [4.69, 9.17) is 42.4 Å². The van der Waals surface area contributed by atoms with Gasteiger partial charge in [0, 0.05) is 16.0 Å². The summed E-state index contributed by atoms with van der Waals surface area (Å²) in [5.74, 6) is -0.562. The van der Waals surface area contributed by atoms with E-state index in [2.05, 4.69) is 130 Å². The number of hydrogen-bond donors (Lipinski definition) is 1. The molecule has 3 aliphatic heterocycles. The predicted octanol–water partition coefficient (Wildman–Crippen LogP) is 13.4. The summed E-state index contributed by atoms with van der Waals surface area (Å²) in [6.07, 6.45) is 11.7. The maximum Gasteiger partial charge on any atom is 0.349 e. The van der Waals surface area contributed by atoms with Gasteiger partial charge in [-0.05, 0) is 62.5 Å². The standard InChI is InChI=1S/C49H101NO8Si3/c1-22-23-24-25-26-27-28-29-30-31-32-38(56-59(18,19)45(4,5)6)42(57-60(20,21)46(7,8)9)43-41(54-49(16,17)55-43)37(50)33-51-44-36(3)35(2)40-39(53-44)34-52-61(58-40,47(10,11)12)48(13,14)15/h35-44H,22-34,50H2,1-21H3/t35?,36?,37-,38-,39?,40?,41-,42-,43-,44?/m0/s1. The highest BCUT2D eigenvalue weighted by molar-refractivity contribution is 6.75. The molecule has 3 aliphatic rings. The molecule has 3 fully saturated rings. The van der Waals surface area contributed by atoms with E-state index < -0.39 is 55.5 Å². The van der Waals surface area contributed by atoms with Crippen molar-refractivity contribution in [2.45, 2.75) is 289 Å². The third kappa shape index (κ3) is 14.2. The fourth-order valence-corrected chi connectivity index (χ4v) is 17.1. The maximum atomic E-state index is 7.56. The monoisotopic (exact) mass is 916 g/mol. The van der Waals surface area contributed by atoms with Crippen molar-refractivity contribution in [3.63, 3.8) is 0 Å². The van der Waals surface area contributed by atoms with Crippen LogP contribution >= 0.6 is 0 Å². The predicted molar refractivity (Wildman–Crippen MR) is 261 cm³/mol. The van der Waals surface area contributed by atoms with Crippen molar-refractivity contribution in [3.05, 3.63) is 0 Å². The molecule has 0 saturated carbocycles. The zero-order valence-electron chi connectivity index (χ0n) is 43.8. The summed E-state index contributed by atoms with van der Waals surface area (Å²) in [5.41, 5.74) is 7.24. The highest BCUT2D eigenvalue weighted by Gasteiger charge is 2.64. The van der Waals surface area contributed by atoms with Gasteiger partial charge in [0.2, 0.25) is 0 Å². The highest BCUT2D eigenvalue weighted by atomic mass is 28.4. The molecule has 0 aromatic rings. The summed E-state index contributed by atoms with van der Waals surface area (Å²) in [6, 6.07) is -0.493. The Hall–Kier alpha value is 0.291. The Labute approximate surface area is 380 Å². The van der Waals surface area contributed by atoms with Crippen molar-refractivity contribution in [3.8, 4) is 0 Å². The molecule has 0 aromatic carbocycles. The number of rotatable bonds is 21. The van der Waals surface area contributed by atoms with E-state index >= 15 is 0 Å². The Balaban J connectivity index is 1.87. The van der Waals surface area contributed by atoms with Crippen LogP contribution in [0.25, 0.3) is 0 Å². The zero-order valence-corrected chi connectivity index (χ0v) is 46.8. The zero-order chi connectivity index (χ0) is 46.6.